The van der Waals surface area contributed by atoms with Crippen LogP contribution < -0.4 is 5.32 Å². The fraction of sp³-hybridized carbons (Fsp3) is 0. The smallest absolute Gasteiger partial charge is 0.255 e. The van der Waals surface area contributed by atoms with E-state index in [9.17, 15) is 9.90 Å². The van der Waals surface area contributed by atoms with Crippen molar-refractivity contribution in [3.63, 3.8) is 0 Å². The van der Waals surface area contributed by atoms with Crippen molar-refractivity contribution in [3.05, 3.63) is 59.7 Å². The van der Waals surface area contributed by atoms with Crippen LogP contribution in [0.15, 0.2) is 48.5 Å². The van der Waals surface area contributed by atoms with Gasteiger partial charge in [0.1, 0.15) is 5.75 Å². The van der Waals surface area contributed by atoms with Gasteiger partial charge < -0.3 is 10.4 Å². The van der Waals surface area contributed by atoms with Crippen molar-refractivity contribution in [3.8, 4) is 11.8 Å². The van der Waals surface area contributed by atoms with Crippen LogP contribution >= 0.6 is 0 Å². The Morgan fingerprint density at radius 1 is 1.11 bits per heavy atom. The summed E-state index contributed by atoms with van der Waals surface area (Å²) in [5, 5.41) is 20.8. The van der Waals surface area contributed by atoms with E-state index in [2.05, 4.69) is 5.32 Å². The number of phenols is 1. The van der Waals surface area contributed by atoms with E-state index in [1.807, 2.05) is 6.07 Å². The summed E-state index contributed by atoms with van der Waals surface area (Å²) in [5.41, 5.74) is 1.28. The van der Waals surface area contributed by atoms with Crippen LogP contribution in [0, 0.1) is 11.3 Å². The molecule has 0 bridgehead atoms. The largest absolute Gasteiger partial charge is 0.506 e. The molecule has 0 unspecified atom stereocenters. The van der Waals surface area contributed by atoms with Crippen LogP contribution in [0.4, 0.5) is 5.69 Å². The molecule has 0 radical (unpaired) electrons. The monoisotopic (exact) mass is 238 g/mol. The molecule has 2 N–H and O–H groups in total. The number of benzene rings is 2. The Labute approximate surface area is 104 Å². The minimum Gasteiger partial charge on any atom is -0.506 e. The molecular formula is C14H10N2O2. The van der Waals surface area contributed by atoms with Gasteiger partial charge in [-0.3, -0.25) is 4.79 Å². The van der Waals surface area contributed by atoms with Gasteiger partial charge in [-0.25, -0.2) is 0 Å². The van der Waals surface area contributed by atoms with Crippen molar-refractivity contribution >= 4 is 11.6 Å². The second-order valence-electron chi connectivity index (χ2n) is 3.66. The third-order valence-corrected chi connectivity index (χ3v) is 2.43. The third-order valence-electron chi connectivity index (χ3n) is 2.43. The highest BCUT2D eigenvalue weighted by molar-refractivity contribution is 6.05. The van der Waals surface area contributed by atoms with Crippen molar-refractivity contribution in [1.29, 1.82) is 5.26 Å². The molecule has 4 nitrogen and oxygen atoms in total. The molecule has 0 aliphatic rings. The fourth-order valence-electron chi connectivity index (χ4n) is 1.47. The maximum Gasteiger partial charge on any atom is 0.255 e. The molecule has 2 aromatic carbocycles. The molecule has 0 saturated carbocycles. The number of nitrogens with one attached hydrogen (secondary N) is 1. The highest BCUT2D eigenvalue weighted by Gasteiger charge is 2.08. The van der Waals surface area contributed by atoms with Gasteiger partial charge in [0.15, 0.2) is 0 Å². The first-order chi connectivity index (χ1) is 8.70. The normalized spacial score (nSPS) is 9.50. The third kappa shape index (κ3) is 2.47. The van der Waals surface area contributed by atoms with Crippen molar-refractivity contribution in [2.24, 2.45) is 0 Å². The molecule has 18 heavy (non-hydrogen) atoms. The molecule has 1 amide bonds. The maximum atomic E-state index is 11.9. The van der Waals surface area contributed by atoms with Crippen LogP contribution in [0.5, 0.6) is 5.75 Å². The van der Waals surface area contributed by atoms with Crippen molar-refractivity contribution in [2.45, 2.75) is 0 Å². The number of hydrogen-bond donors (Lipinski definition) is 2. The van der Waals surface area contributed by atoms with E-state index in [1.54, 1.807) is 42.5 Å². The van der Waals surface area contributed by atoms with Gasteiger partial charge in [-0.2, -0.15) is 5.26 Å². The molecule has 0 fully saturated rings. The molecule has 0 aromatic heterocycles. The highest BCUT2D eigenvalue weighted by Crippen LogP contribution is 2.22. The number of nitriles is 1. The van der Waals surface area contributed by atoms with E-state index in [-0.39, 0.29) is 11.7 Å². The van der Waals surface area contributed by atoms with Crippen LogP contribution in [0.25, 0.3) is 0 Å². The van der Waals surface area contributed by atoms with Crippen molar-refractivity contribution in [2.75, 3.05) is 5.32 Å². The molecule has 0 heterocycles. The Hall–Kier alpha value is -2.80. The lowest BCUT2D eigenvalue weighted by Gasteiger charge is -2.06. The zero-order valence-corrected chi connectivity index (χ0v) is 9.42. The lowest BCUT2D eigenvalue weighted by molar-refractivity contribution is 0.102. The van der Waals surface area contributed by atoms with Gasteiger partial charge in [0, 0.05) is 5.56 Å². The summed E-state index contributed by atoms with van der Waals surface area (Å²) in [7, 11) is 0. The van der Waals surface area contributed by atoms with Crippen LogP contribution in [-0.2, 0) is 0 Å². The maximum absolute atomic E-state index is 11.9. The minimum atomic E-state index is -0.332. The van der Waals surface area contributed by atoms with Gasteiger partial charge in [-0.05, 0) is 36.4 Å². The van der Waals surface area contributed by atoms with Crippen LogP contribution in [0.3, 0.4) is 0 Å². The zero-order valence-electron chi connectivity index (χ0n) is 9.42. The van der Waals surface area contributed by atoms with Crippen molar-refractivity contribution < 1.29 is 9.90 Å². The first-order valence-electron chi connectivity index (χ1n) is 5.30. The Morgan fingerprint density at radius 3 is 2.39 bits per heavy atom. The standard InChI is InChI=1S/C14H10N2O2/c15-9-10-5-7-11(8-6-10)14(18)16-12-3-1-2-4-13(12)17/h1-8,17H,(H,16,18). The number of amides is 1. The average molecular weight is 238 g/mol. The number of aromatic hydroxyl groups is 1. The van der Waals surface area contributed by atoms with Gasteiger partial charge in [0.2, 0.25) is 0 Å². The van der Waals surface area contributed by atoms with E-state index >= 15 is 0 Å². The predicted octanol–water partition coefficient (Wildman–Crippen LogP) is 2.52. The van der Waals surface area contributed by atoms with Gasteiger partial charge in [0.05, 0.1) is 17.3 Å². The van der Waals surface area contributed by atoms with Crippen LogP contribution in [0.1, 0.15) is 15.9 Å². The second-order valence-corrected chi connectivity index (χ2v) is 3.66. The number of para-hydroxylation sites is 2. The zero-order chi connectivity index (χ0) is 13.0. The molecule has 0 saturated heterocycles. The predicted molar refractivity (Wildman–Crippen MR) is 67.2 cm³/mol. The first kappa shape index (κ1) is 11.7. The van der Waals surface area contributed by atoms with Gasteiger partial charge in [-0.1, -0.05) is 12.1 Å². The summed E-state index contributed by atoms with van der Waals surface area (Å²) in [4.78, 5) is 11.9. The van der Waals surface area contributed by atoms with E-state index in [0.717, 1.165) is 0 Å². The Balaban J connectivity index is 2.17. The SMILES string of the molecule is N#Cc1ccc(C(=O)Nc2ccccc2O)cc1. The minimum absolute atomic E-state index is 0.0134. The highest BCUT2D eigenvalue weighted by atomic mass is 16.3. The van der Waals surface area contributed by atoms with Gasteiger partial charge >= 0.3 is 0 Å². The fourth-order valence-corrected chi connectivity index (χ4v) is 1.47. The Bertz CT molecular complexity index is 612. The number of hydrogen-bond acceptors (Lipinski definition) is 3. The molecule has 0 atom stereocenters. The van der Waals surface area contributed by atoms with Crippen LogP contribution in [0.2, 0.25) is 0 Å². The summed E-state index contributed by atoms with van der Waals surface area (Å²) in [6.45, 7) is 0. The number of carbonyl (C=O) groups is 1. The number of nitrogens with zero attached hydrogens (tertiary/aromatic N) is 1. The average Bonchev–Trinajstić information content (AvgIpc) is 2.41. The number of phenolic OH excluding ortho intramolecular Hbond substituents is 1. The summed E-state index contributed by atoms with van der Waals surface area (Å²) < 4.78 is 0. The Morgan fingerprint density at radius 2 is 1.78 bits per heavy atom. The van der Waals surface area contributed by atoms with Gasteiger partial charge in [-0.15, -0.1) is 0 Å². The van der Waals surface area contributed by atoms with Gasteiger partial charge in [0.25, 0.3) is 5.91 Å². The molecule has 0 aliphatic heterocycles. The molecule has 0 aliphatic carbocycles. The summed E-state index contributed by atoms with van der Waals surface area (Å²) >= 11 is 0. The topological polar surface area (TPSA) is 73.1 Å². The van der Waals surface area contributed by atoms with E-state index in [4.69, 9.17) is 5.26 Å². The van der Waals surface area contributed by atoms with Crippen LogP contribution in [-0.4, -0.2) is 11.0 Å². The first-order valence-corrected chi connectivity index (χ1v) is 5.30. The number of anilines is 1. The molecule has 4 heteroatoms. The van der Waals surface area contributed by atoms with E-state index in [0.29, 0.717) is 16.8 Å². The molecule has 2 rings (SSSR count). The number of carbonyl (C=O) groups excluding carboxylic acids is 1. The summed E-state index contributed by atoms with van der Waals surface area (Å²) in [6, 6.07) is 14.7. The molecule has 0 spiro atoms. The summed E-state index contributed by atoms with van der Waals surface area (Å²) in [6.07, 6.45) is 0. The number of rotatable bonds is 2. The molecular weight excluding hydrogens is 228 g/mol. The quantitative estimate of drug-likeness (QED) is 0.789. The van der Waals surface area contributed by atoms with E-state index < -0.39 is 0 Å². The molecule has 88 valence electrons. The van der Waals surface area contributed by atoms with E-state index in [1.165, 1.54) is 6.07 Å². The second kappa shape index (κ2) is 5.02. The van der Waals surface area contributed by atoms with Crippen molar-refractivity contribution in [1.82, 2.24) is 0 Å². The molecule has 2 aromatic rings. The lowest BCUT2D eigenvalue weighted by Crippen LogP contribution is -2.11. The summed E-state index contributed by atoms with van der Waals surface area (Å²) in [5.74, 6) is -0.319. The Kier molecular flexibility index (Phi) is 3.26. The lowest BCUT2D eigenvalue weighted by atomic mass is 10.1.